The number of ether oxygens (including phenoxy) is 3. The fourth-order valence-electron chi connectivity index (χ4n) is 6.65. The minimum Gasteiger partial charge on any atom is -0.462 e. The fourth-order valence-corrected chi connectivity index (χ4v) is 6.65. The molecule has 6 heteroatoms. The molecule has 316 valence electrons. The molecular formula is C48H88O6. The predicted octanol–water partition coefficient (Wildman–Crippen LogP) is 14.8. The second-order valence-electron chi connectivity index (χ2n) is 15.7. The number of allylic oxidation sites excluding steroid dienone is 4. The molecule has 6 nitrogen and oxygen atoms in total. The summed E-state index contributed by atoms with van der Waals surface area (Å²) in [4.78, 5) is 37.6. The number of esters is 3. The molecule has 1 unspecified atom stereocenters. The molecule has 54 heavy (non-hydrogen) atoms. The maximum Gasteiger partial charge on any atom is 0.306 e. The van der Waals surface area contributed by atoms with Gasteiger partial charge in [-0.3, -0.25) is 14.4 Å². The maximum absolute atomic E-state index is 12.7. The molecule has 0 fully saturated rings. The van der Waals surface area contributed by atoms with Gasteiger partial charge in [-0.2, -0.15) is 0 Å². The topological polar surface area (TPSA) is 78.9 Å². The van der Waals surface area contributed by atoms with Gasteiger partial charge in [0.15, 0.2) is 6.10 Å². The van der Waals surface area contributed by atoms with Gasteiger partial charge in [0.25, 0.3) is 0 Å². The van der Waals surface area contributed by atoms with Crippen molar-refractivity contribution in [2.45, 2.75) is 252 Å². The van der Waals surface area contributed by atoms with Crippen molar-refractivity contribution < 1.29 is 28.6 Å². The minimum atomic E-state index is -0.768. The zero-order valence-electron chi connectivity index (χ0n) is 36.0. The van der Waals surface area contributed by atoms with Crippen LogP contribution in [0.4, 0.5) is 0 Å². The summed E-state index contributed by atoms with van der Waals surface area (Å²) in [6.45, 7) is 6.58. The molecule has 0 aromatic heterocycles. The normalized spacial score (nSPS) is 12.1. The molecule has 0 rings (SSSR count). The van der Waals surface area contributed by atoms with E-state index in [4.69, 9.17) is 14.2 Å². The first-order valence-electron chi connectivity index (χ1n) is 23.3. The third kappa shape index (κ3) is 41.1. The Bertz CT molecular complexity index is 880. The third-order valence-corrected chi connectivity index (χ3v) is 10.2. The molecule has 0 amide bonds. The van der Waals surface area contributed by atoms with Crippen LogP contribution in [0.2, 0.25) is 0 Å². The van der Waals surface area contributed by atoms with E-state index in [-0.39, 0.29) is 31.1 Å². The zero-order valence-corrected chi connectivity index (χ0v) is 36.0. The summed E-state index contributed by atoms with van der Waals surface area (Å²) in [6.07, 6.45) is 47.3. The van der Waals surface area contributed by atoms with Crippen LogP contribution in [0, 0.1) is 0 Å². The van der Waals surface area contributed by atoms with Gasteiger partial charge < -0.3 is 14.2 Å². The third-order valence-electron chi connectivity index (χ3n) is 10.2. The van der Waals surface area contributed by atoms with Gasteiger partial charge in [0.1, 0.15) is 13.2 Å². The quantitative estimate of drug-likeness (QED) is 0.0267. The molecule has 0 saturated carbocycles. The van der Waals surface area contributed by atoms with E-state index in [2.05, 4.69) is 45.1 Å². The van der Waals surface area contributed by atoms with E-state index in [0.717, 1.165) is 77.0 Å². The Kier molecular flexibility index (Phi) is 41.9. The predicted molar refractivity (Wildman–Crippen MR) is 229 cm³/mol. The highest BCUT2D eigenvalue weighted by Gasteiger charge is 2.19. The van der Waals surface area contributed by atoms with Crippen molar-refractivity contribution in [3.05, 3.63) is 24.3 Å². The van der Waals surface area contributed by atoms with E-state index in [9.17, 15) is 14.4 Å². The molecular weight excluding hydrogens is 673 g/mol. The van der Waals surface area contributed by atoms with Crippen molar-refractivity contribution in [3.63, 3.8) is 0 Å². The largest absolute Gasteiger partial charge is 0.462 e. The summed E-state index contributed by atoms with van der Waals surface area (Å²) in [7, 11) is 0. The van der Waals surface area contributed by atoms with Gasteiger partial charge in [0.2, 0.25) is 0 Å². The monoisotopic (exact) mass is 761 g/mol. The lowest BCUT2D eigenvalue weighted by atomic mass is 10.0. The minimum absolute atomic E-state index is 0.0723. The number of carbonyl (C=O) groups excluding carboxylic acids is 3. The summed E-state index contributed by atoms with van der Waals surface area (Å²) in [5, 5.41) is 0. The smallest absolute Gasteiger partial charge is 0.306 e. The van der Waals surface area contributed by atoms with Crippen LogP contribution in [-0.2, 0) is 28.6 Å². The van der Waals surface area contributed by atoms with Crippen molar-refractivity contribution in [2.75, 3.05) is 13.2 Å². The Morgan fingerprint density at radius 3 is 1.04 bits per heavy atom. The van der Waals surface area contributed by atoms with Crippen LogP contribution < -0.4 is 0 Å². The molecule has 0 aliphatic carbocycles. The Labute approximate surface area is 334 Å². The molecule has 0 aromatic rings. The Morgan fingerprint density at radius 1 is 0.370 bits per heavy atom. The van der Waals surface area contributed by atoms with Gasteiger partial charge in [-0.15, -0.1) is 0 Å². The van der Waals surface area contributed by atoms with E-state index in [1.165, 1.54) is 128 Å². The van der Waals surface area contributed by atoms with Crippen LogP contribution in [0.1, 0.15) is 245 Å². The van der Waals surface area contributed by atoms with Crippen molar-refractivity contribution >= 4 is 17.9 Å². The van der Waals surface area contributed by atoms with Gasteiger partial charge >= 0.3 is 17.9 Å². The van der Waals surface area contributed by atoms with E-state index in [0.29, 0.717) is 19.3 Å². The average molecular weight is 761 g/mol. The molecule has 0 heterocycles. The molecule has 0 saturated heterocycles. The van der Waals surface area contributed by atoms with Crippen LogP contribution in [-0.4, -0.2) is 37.2 Å². The second kappa shape index (κ2) is 43.6. The molecule has 0 radical (unpaired) electrons. The van der Waals surface area contributed by atoms with Crippen LogP contribution >= 0.6 is 0 Å². The number of rotatable bonds is 42. The number of hydrogen-bond donors (Lipinski definition) is 0. The highest BCUT2D eigenvalue weighted by Crippen LogP contribution is 2.15. The Morgan fingerprint density at radius 2 is 0.667 bits per heavy atom. The molecule has 0 N–H and O–H groups in total. The molecule has 0 aromatic carbocycles. The van der Waals surface area contributed by atoms with Crippen LogP contribution in [0.25, 0.3) is 0 Å². The van der Waals surface area contributed by atoms with E-state index >= 15 is 0 Å². The summed E-state index contributed by atoms with van der Waals surface area (Å²) in [6, 6.07) is 0. The first kappa shape index (κ1) is 51.9. The number of carbonyl (C=O) groups is 3. The van der Waals surface area contributed by atoms with Crippen LogP contribution in [0.5, 0.6) is 0 Å². The van der Waals surface area contributed by atoms with E-state index in [1.807, 2.05) is 0 Å². The number of unbranched alkanes of at least 4 members (excludes halogenated alkanes) is 27. The highest BCUT2D eigenvalue weighted by molar-refractivity contribution is 5.71. The van der Waals surface area contributed by atoms with Gasteiger partial charge in [0, 0.05) is 19.3 Å². The maximum atomic E-state index is 12.7. The summed E-state index contributed by atoms with van der Waals surface area (Å²) < 4.78 is 16.7. The van der Waals surface area contributed by atoms with Crippen molar-refractivity contribution in [1.82, 2.24) is 0 Å². The van der Waals surface area contributed by atoms with Crippen molar-refractivity contribution in [2.24, 2.45) is 0 Å². The second-order valence-corrected chi connectivity index (χ2v) is 15.7. The standard InChI is InChI=1S/C48H88O6/c1-4-7-10-13-16-19-21-23-24-25-26-28-29-32-35-38-41-47(50)53-44-45(43-52-46(49)40-37-34-31-18-15-12-9-6-3)54-48(51)42-39-36-33-30-27-22-20-17-14-11-8-5-2/h19,21,24-25,45H,4-18,20,22-23,26-44H2,1-3H3/b21-19-,25-24-. The Balaban J connectivity index is 4.32. The SMILES string of the molecule is CCCCCC/C=C\C/C=C\CCCCCCCC(=O)OCC(COC(=O)CCCCCCCCCC)OC(=O)CCCCCCCCCCCCCC. The van der Waals surface area contributed by atoms with Gasteiger partial charge in [0.05, 0.1) is 0 Å². The lowest BCUT2D eigenvalue weighted by Crippen LogP contribution is -2.30. The van der Waals surface area contributed by atoms with Crippen molar-refractivity contribution in [1.29, 1.82) is 0 Å². The summed E-state index contributed by atoms with van der Waals surface area (Å²) in [5.74, 6) is -0.884. The van der Waals surface area contributed by atoms with Crippen LogP contribution in [0.15, 0.2) is 24.3 Å². The summed E-state index contributed by atoms with van der Waals surface area (Å²) in [5.41, 5.74) is 0. The molecule has 0 aliphatic rings. The molecule has 0 bridgehead atoms. The van der Waals surface area contributed by atoms with E-state index in [1.54, 1.807) is 0 Å². The fraction of sp³-hybridized carbons (Fsp3) is 0.854. The highest BCUT2D eigenvalue weighted by atomic mass is 16.6. The average Bonchev–Trinajstić information content (AvgIpc) is 3.17. The van der Waals surface area contributed by atoms with Gasteiger partial charge in [-0.25, -0.2) is 0 Å². The molecule has 1 atom stereocenters. The first-order chi connectivity index (χ1) is 26.5. The van der Waals surface area contributed by atoms with Crippen LogP contribution in [0.3, 0.4) is 0 Å². The molecule has 0 aliphatic heterocycles. The Hall–Kier alpha value is -2.11. The summed E-state index contributed by atoms with van der Waals surface area (Å²) >= 11 is 0. The van der Waals surface area contributed by atoms with E-state index < -0.39 is 6.10 Å². The number of hydrogen-bond acceptors (Lipinski definition) is 6. The zero-order chi connectivity index (χ0) is 39.4. The van der Waals surface area contributed by atoms with Gasteiger partial charge in [-0.05, 0) is 51.4 Å². The molecule has 0 spiro atoms. The lowest BCUT2D eigenvalue weighted by molar-refractivity contribution is -0.167. The van der Waals surface area contributed by atoms with Gasteiger partial charge in [-0.1, -0.05) is 199 Å². The lowest BCUT2D eigenvalue weighted by Gasteiger charge is -2.18. The van der Waals surface area contributed by atoms with Crippen molar-refractivity contribution in [3.8, 4) is 0 Å². The first-order valence-corrected chi connectivity index (χ1v) is 23.3.